The Hall–Kier alpha value is -0.900. The lowest BCUT2D eigenvalue weighted by Gasteiger charge is -2.10. The van der Waals surface area contributed by atoms with Crippen LogP contribution in [0.5, 0.6) is 0 Å². The van der Waals surface area contributed by atoms with Crippen LogP contribution in [0.1, 0.15) is 12.0 Å². The van der Waals surface area contributed by atoms with Gasteiger partial charge in [-0.2, -0.15) is 0 Å². The maximum atomic E-state index is 9.38. The van der Waals surface area contributed by atoms with Crippen LogP contribution in [0, 0.1) is 0 Å². The summed E-state index contributed by atoms with van der Waals surface area (Å²) >= 11 is 0. The highest BCUT2D eigenvalue weighted by Gasteiger charge is 2.01. The van der Waals surface area contributed by atoms with E-state index in [1.165, 1.54) is 5.56 Å². The minimum Gasteiger partial charge on any atom is -0.389 e. The Morgan fingerprint density at radius 1 is 1.31 bits per heavy atom. The Kier molecular flexibility index (Phi) is 6.81. The van der Waals surface area contributed by atoms with Gasteiger partial charge in [0.05, 0.1) is 12.7 Å². The number of aryl methyl sites for hydroxylation is 1. The van der Waals surface area contributed by atoms with Gasteiger partial charge >= 0.3 is 0 Å². The molecule has 1 aromatic carbocycles. The lowest BCUT2D eigenvalue weighted by molar-refractivity contribution is 0.0647. The Balaban J connectivity index is 2.00. The molecule has 0 bridgehead atoms. The van der Waals surface area contributed by atoms with Crippen molar-refractivity contribution >= 4 is 0 Å². The summed E-state index contributed by atoms with van der Waals surface area (Å²) in [6.07, 6.45) is 1.76. The monoisotopic (exact) mass is 223 g/mol. The molecule has 0 aliphatic rings. The second kappa shape index (κ2) is 8.28. The molecule has 1 atom stereocenters. The molecule has 0 aliphatic heterocycles. The number of methoxy groups -OCH3 is 1. The van der Waals surface area contributed by atoms with Gasteiger partial charge in [-0.05, 0) is 24.9 Å². The van der Waals surface area contributed by atoms with Gasteiger partial charge in [0.1, 0.15) is 0 Å². The summed E-state index contributed by atoms with van der Waals surface area (Å²) in [5.41, 5.74) is 1.36. The van der Waals surface area contributed by atoms with E-state index >= 15 is 0 Å². The first-order valence-corrected chi connectivity index (χ1v) is 5.74. The highest BCUT2D eigenvalue weighted by atomic mass is 16.5. The van der Waals surface area contributed by atoms with Crippen molar-refractivity contribution in [1.29, 1.82) is 0 Å². The first kappa shape index (κ1) is 13.2. The normalized spacial score (nSPS) is 12.6. The highest BCUT2D eigenvalue weighted by molar-refractivity contribution is 5.14. The fourth-order valence-electron chi connectivity index (χ4n) is 1.58. The lowest BCUT2D eigenvalue weighted by Crippen LogP contribution is -2.30. The lowest BCUT2D eigenvalue weighted by atomic mass is 10.1. The van der Waals surface area contributed by atoms with Crippen molar-refractivity contribution in [1.82, 2.24) is 5.32 Å². The SMILES string of the molecule is COCC(O)CNCCCc1ccccc1. The molecule has 0 aromatic heterocycles. The predicted molar refractivity (Wildman–Crippen MR) is 65.5 cm³/mol. The van der Waals surface area contributed by atoms with Crippen molar-refractivity contribution < 1.29 is 9.84 Å². The summed E-state index contributed by atoms with van der Waals surface area (Å²) in [7, 11) is 1.60. The van der Waals surface area contributed by atoms with E-state index in [-0.39, 0.29) is 0 Å². The first-order chi connectivity index (χ1) is 7.83. The van der Waals surface area contributed by atoms with Crippen LogP contribution in [-0.4, -0.2) is 38.0 Å². The van der Waals surface area contributed by atoms with Crippen LogP contribution in [0.15, 0.2) is 30.3 Å². The minimum atomic E-state index is -0.401. The fraction of sp³-hybridized carbons (Fsp3) is 0.538. The van der Waals surface area contributed by atoms with Gasteiger partial charge in [-0.15, -0.1) is 0 Å². The summed E-state index contributed by atoms with van der Waals surface area (Å²) in [5, 5.41) is 12.6. The summed E-state index contributed by atoms with van der Waals surface area (Å²) in [4.78, 5) is 0. The van der Waals surface area contributed by atoms with Crippen molar-refractivity contribution in [2.24, 2.45) is 0 Å². The number of ether oxygens (including phenoxy) is 1. The van der Waals surface area contributed by atoms with E-state index in [4.69, 9.17) is 4.74 Å². The zero-order valence-corrected chi connectivity index (χ0v) is 9.86. The summed E-state index contributed by atoms with van der Waals surface area (Å²) in [6, 6.07) is 10.4. The van der Waals surface area contributed by atoms with Crippen LogP contribution in [0.25, 0.3) is 0 Å². The van der Waals surface area contributed by atoms with Gasteiger partial charge in [-0.25, -0.2) is 0 Å². The van der Waals surface area contributed by atoms with Crippen molar-refractivity contribution in [2.75, 3.05) is 26.8 Å². The van der Waals surface area contributed by atoms with E-state index in [1.54, 1.807) is 7.11 Å². The standard InChI is InChI=1S/C13H21NO2/c1-16-11-13(15)10-14-9-5-8-12-6-3-2-4-7-12/h2-4,6-7,13-15H,5,8-11H2,1H3. The van der Waals surface area contributed by atoms with Gasteiger partial charge in [-0.3, -0.25) is 0 Å². The molecule has 16 heavy (non-hydrogen) atoms. The number of benzene rings is 1. The van der Waals surface area contributed by atoms with E-state index < -0.39 is 6.10 Å². The maximum absolute atomic E-state index is 9.38. The average Bonchev–Trinajstić information content (AvgIpc) is 2.30. The van der Waals surface area contributed by atoms with Gasteiger partial charge in [0.25, 0.3) is 0 Å². The topological polar surface area (TPSA) is 41.5 Å². The molecule has 90 valence electrons. The van der Waals surface area contributed by atoms with Crippen LogP contribution in [0.2, 0.25) is 0 Å². The molecule has 0 amide bonds. The van der Waals surface area contributed by atoms with E-state index in [1.807, 2.05) is 6.07 Å². The number of aliphatic hydroxyl groups excluding tert-OH is 1. The molecular weight excluding hydrogens is 202 g/mol. The van der Waals surface area contributed by atoms with E-state index in [0.29, 0.717) is 13.2 Å². The van der Waals surface area contributed by atoms with E-state index in [0.717, 1.165) is 19.4 Å². The molecule has 0 saturated carbocycles. The third-order valence-corrected chi connectivity index (χ3v) is 2.40. The first-order valence-electron chi connectivity index (χ1n) is 5.74. The Labute approximate surface area is 97.4 Å². The Bertz CT molecular complexity index is 264. The van der Waals surface area contributed by atoms with E-state index in [9.17, 15) is 5.11 Å². The zero-order chi connectivity index (χ0) is 11.6. The molecule has 3 heteroatoms. The van der Waals surface area contributed by atoms with Crippen molar-refractivity contribution in [3.63, 3.8) is 0 Å². The van der Waals surface area contributed by atoms with Crippen LogP contribution < -0.4 is 5.32 Å². The van der Waals surface area contributed by atoms with Crippen LogP contribution in [-0.2, 0) is 11.2 Å². The third-order valence-electron chi connectivity index (χ3n) is 2.40. The molecule has 0 aliphatic carbocycles. The number of nitrogens with one attached hydrogen (secondary N) is 1. The molecule has 0 saturated heterocycles. The smallest absolute Gasteiger partial charge is 0.0897 e. The van der Waals surface area contributed by atoms with Crippen LogP contribution in [0.3, 0.4) is 0 Å². The quantitative estimate of drug-likeness (QED) is 0.651. The van der Waals surface area contributed by atoms with Gasteiger partial charge in [0, 0.05) is 13.7 Å². The molecule has 0 spiro atoms. The molecule has 2 N–H and O–H groups in total. The summed E-state index contributed by atoms with van der Waals surface area (Å²) in [6.45, 7) is 1.92. The second-order valence-electron chi connectivity index (χ2n) is 3.90. The largest absolute Gasteiger partial charge is 0.389 e. The molecule has 3 nitrogen and oxygen atoms in total. The number of rotatable bonds is 8. The van der Waals surface area contributed by atoms with Gasteiger partial charge < -0.3 is 15.2 Å². The second-order valence-corrected chi connectivity index (χ2v) is 3.90. The predicted octanol–water partition coefficient (Wildman–Crippen LogP) is 1.22. The molecule has 0 radical (unpaired) electrons. The molecule has 1 aromatic rings. The van der Waals surface area contributed by atoms with E-state index in [2.05, 4.69) is 29.6 Å². The van der Waals surface area contributed by atoms with Gasteiger partial charge in [0.2, 0.25) is 0 Å². The van der Waals surface area contributed by atoms with Crippen molar-refractivity contribution in [3.05, 3.63) is 35.9 Å². The molecule has 1 unspecified atom stereocenters. The molecule has 0 heterocycles. The number of aliphatic hydroxyl groups is 1. The number of hydrogen-bond acceptors (Lipinski definition) is 3. The van der Waals surface area contributed by atoms with Crippen molar-refractivity contribution in [3.8, 4) is 0 Å². The Morgan fingerprint density at radius 3 is 2.75 bits per heavy atom. The average molecular weight is 223 g/mol. The Morgan fingerprint density at radius 2 is 2.06 bits per heavy atom. The fourth-order valence-corrected chi connectivity index (χ4v) is 1.58. The zero-order valence-electron chi connectivity index (χ0n) is 9.86. The van der Waals surface area contributed by atoms with Gasteiger partial charge in [-0.1, -0.05) is 30.3 Å². The summed E-state index contributed by atoms with van der Waals surface area (Å²) in [5.74, 6) is 0. The van der Waals surface area contributed by atoms with Crippen molar-refractivity contribution in [2.45, 2.75) is 18.9 Å². The summed E-state index contributed by atoms with van der Waals surface area (Å²) < 4.78 is 4.84. The highest BCUT2D eigenvalue weighted by Crippen LogP contribution is 2.01. The van der Waals surface area contributed by atoms with Crippen LogP contribution in [0.4, 0.5) is 0 Å². The minimum absolute atomic E-state index is 0.395. The maximum Gasteiger partial charge on any atom is 0.0897 e. The third kappa shape index (κ3) is 5.85. The molecule has 1 rings (SSSR count). The molecular formula is C13H21NO2. The van der Waals surface area contributed by atoms with Gasteiger partial charge in [0.15, 0.2) is 0 Å². The van der Waals surface area contributed by atoms with Crippen LogP contribution >= 0.6 is 0 Å². The number of hydrogen-bond donors (Lipinski definition) is 2. The molecule has 0 fully saturated rings.